The predicted molar refractivity (Wildman–Crippen MR) is 120 cm³/mol. The van der Waals surface area contributed by atoms with Crippen LogP contribution in [0.4, 0.5) is 0 Å². The van der Waals surface area contributed by atoms with Crippen LogP contribution in [0.3, 0.4) is 0 Å². The second kappa shape index (κ2) is 9.63. The van der Waals surface area contributed by atoms with Crippen molar-refractivity contribution >= 4 is 34.9 Å². The molecule has 1 heterocycles. The predicted octanol–water partition coefficient (Wildman–Crippen LogP) is 4.34. The van der Waals surface area contributed by atoms with E-state index in [1.807, 2.05) is 18.2 Å². The lowest BCUT2D eigenvalue weighted by Gasteiger charge is -2.28. The van der Waals surface area contributed by atoms with Gasteiger partial charge in [0.15, 0.2) is 0 Å². The Bertz CT molecular complexity index is 1030. The number of phenols is 1. The summed E-state index contributed by atoms with van der Waals surface area (Å²) in [4.78, 5) is 14.2. The van der Waals surface area contributed by atoms with Crippen molar-refractivity contribution < 1.29 is 10.2 Å². The number of nitrogens with one attached hydrogen (secondary N) is 2. The fourth-order valence-electron chi connectivity index (χ4n) is 3.27. The van der Waals surface area contributed by atoms with E-state index >= 15 is 0 Å². The minimum absolute atomic E-state index is 0. The molecule has 1 aromatic heterocycles. The summed E-state index contributed by atoms with van der Waals surface area (Å²) < 4.78 is 0. The van der Waals surface area contributed by atoms with Gasteiger partial charge in [-0.05, 0) is 62.1 Å². The van der Waals surface area contributed by atoms with Crippen molar-refractivity contribution in [3.8, 4) is 5.75 Å². The summed E-state index contributed by atoms with van der Waals surface area (Å²) in [5, 5.41) is 25.5. The quantitative estimate of drug-likeness (QED) is 0.443. The molecule has 0 unspecified atom stereocenters. The molecule has 0 bridgehead atoms. The number of aryl methyl sites for hydroxylation is 1. The van der Waals surface area contributed by atoms with Gasteiger partial charge >= 0.3 is 0 Å². The number of phenolic OH excluding ortho intramolecular Hbond substituents is 1. The summed E-state index contributed by atoms with van der Waals surface area (Å²) >= 11 is 6.05. The van der Waals surface area contributed by atoms with Crippen molar-refractivity contribution in [2.75, 3.05) is 6.54 Å². The molecular weight excluding hydrogens is 411 g/mol. The average molecular weight is 437 g/mol. The molecule has 0 saturated carbocycles. The minimum atomic E-state index is -0.778. The molecule has 0 aliphatic heterocycles. The van der Waals surface area contributed by atoms with Crippen molar-refractivity contribution in [2.45, 2.75) is 38.3 Å². The molecule has 0 spiro atoms. The Kier molecular flexibility index (Phi) is 7.72. The van der Waals surface area contributed by atoms with Crippen LogP contribution in [-0.4, -0.2) is 27.3 Å². The third kappa shape index (κ3) is 5.97. The first-order chi connectivity index (χ1) is 13.2. The van der Waals surface area contributed by atoms with Gasteiger partial charge in [0.05, 0.1) is 11.6 Å². The largest absolute Gasteiger partial charge is 0.506 e. The standard InChI is InChI=1S/C22H25ClN2O3.ClH/c1-22(2,11-10-14-4-3-5-15(23)12-14)24-13-19(27)16-6-8-18(26)21-17(16)7-9-20(28)25-21;/h3-9,12,19,24,26-27H,10-11,13H2,1-2H3,(H,25,28);1H/t19-;/m0./s1. The first-order valence-corrected chi connectivity index (χ1v) is 9.65. The summed E-state index contributed by atoms with van der Waals surface area (Å²) in [6.07, 6.45) is 0.975. The molecule has 29 heavy (non-hydrogen) atoms. The van der Waals surface area contributed by atoms with Crippen molar-refractivity contribution in [1.82, 2.24) is 10.3 Å². The summed E-state index contributed by atoms with van der Waals surface area (Å²) in [6.45, 7) is 4.54. The highest BCUT2D eigenvalue weighted by molar-refractivity contribution is 6.30. The van der Waals surface area contributed by atoms with Crippen LogP contribution in [0.25, 0.3) is 10.9 Å². The van der Waals surface area contributed by atoms with E-state index in [0.29, 0.717) is 23.0 Å². The second-order valence-corrected chi connectivity index (χ2v) is 8.13. The second-order valence-electron chi connectivity index (χ2n) is 7.70. The molecule has 0 saturated heterocycles. The number of fused-ring (bicyclic) bond motifs is 1. The summed E-state index contributed by atoms with van der Waals surface area (Å²) in [5.74, 6) is -0.0153. The van der Waals surface area contributed by atoms with Gasteiger partial charge in [0.2, 0.25) is 5.56 Å². The smallest absolute Gasteiger partial charge is 0.248 e. The number of H-pyrrole nitrogens is 1. The van der Waals surface area contributed by atoms with Gasteiger partial charge < -0.3 is 20.5 Å². The van der Waals surface area contributed by atoms with Crippen LogP contribution in [0.15, 0.2) is 53.3 Å². The topological polar surface area (TPSA) is 85.3 Å². The molecule has 2 aromatic carbocycles. The number of aliphatic hydroxyl groups is 1. The van der Waals surface area contributed by atoms with E-state index in [0.717, 1.165) is 17.9 Å². The van der Waals surface area contributed by atoms with Gasteiger partial charge in [-0.2, -0.15) is 0 Å². The van der Waals surface area contributed by atoms with Gasteiger partial charge in [-0.15, -0.1) is 12.4 Å². The third-order valence-corrected chi connectivity index (χ3v) is 5.20. The Hall–Kier alpha value is -2.05. The highest BCUT2D eigenvalue weighted by atomic mass is 35.5. The van der Waals surface area contributed by atoms with Crippen molar-refractivity contribution in [1.29, 1.82) is 0 Å². The van der Waals surface area contributed by atoms with Crippen LogP contribution >= 0.6 is 24.0 Å². The third-order valence-electron chi connectivity index (χ3n) is 4.97. The zero-order chi connectivity index (χ0) is 20.3. The Morgan fingerprint density at radius 2 is 1.93 bits per heavy atom. The molecule has 1 atom stereocenters. The number of benzene rings is 2. The molecular formula is C22H26Cl2N2O3. The van der Waals surface area contributed by atoms with Crippen LogP contribution in [0.2, 0.25) is 5.02 Å². The summed E-state index contributed by atoms with van der Waals surface area (Å²) in [7, 11) is 0. The molecule has 0 fully saturated rings. The number of hydrogen-bond acceptors (Lipinski definition) is 4. The van der Waals surface area contributed by atoms with Gasteiger partial charge in [0, 0.05) is 28.6 Å². The van der Waals surface area contributed by atoms with Crippen LogP contribution in [0.1, 0.15) is 37.5 Å². The molecule has 0 radical (unpaired) electrons. The van der Waals surface area contributed by atoms with E-state index in [4.69, 9.17) is 11.6 Å². The van der Waals surface area contributed by atoms with E-state index in [-0.39, 0.29) is 29.3 Å². The van der Waals surface area contributed by atoms with Crippen molar-refractivity contribution in [2.24, 2.45) is 0 Å². The molecule has 156 valence electrons. The number of aromatic amines is 1. The van der Waals surface area contributed by atoms with Crippen molar-refractivity contribution in [3.05, 3.63) is 75.0 Å². The number of hydrogen-bond donors (Lipinski definition) is 4. The van der Waals surface area contributed by atoms with Crippen LogP contribution in [0, 0.1) is 0 Å². The lowest BCUT2D eigenvalue weighted by atomic mass is 9.94. The fourth-order valence-corrected chi connectivity index (χ4v) is 3.48. The molecule has 3 aromatic rings. The number of aromatic nitrogens is 1. The van der Waals surface area contributed by atoms with E-state index in [2.05, 4.69) is 30.2 Å². The lowest BCUT2D eigenvalue weighted by molar-refractivity contribution is 0.160. The number of pyridine rings is 1. The Balaban J connectivity index is 0.00000300. The molecule has 7 heteroatoms. The minimum Gasteiger partial charge on any atom is -0.506 e. The highest BCUT2D eigenvalue weighted by Crippen LogP contribution is 2.29. The van der Waals surface area contributed by atoms with Gasteiger partial charge in [-0.25, -0.2) is 0 Å². The number of halogens is 2. The maximum Gasteiger partial charge on any atom is 0.248 e. The molecule has 0 aliphatic carbocycles. The maximum atomic E-state index is 11.5. The van der Waals surface area contributed by atoms with Crippen LogP contribution in [-0.2, 0) is 6.42 Å². The van der Waals surface area contributed by atoms with E-state index in [1.54, 1.807) is 12.1 Å². The van der Waals surface area contributed by atoms with E-state index in [9.17, 15) is 15.0 Å². The monoisotopic (exact) mass is 436 g/mol. The Labute approximate surface area is 181 Å². The maximum absolute atomic E-state index is 11.5. The van der Waals surface area contributed by atoms with Gasteiger partial charge in [-0.1, -0.05) is 29.8 Å². The molecule has 0 amide bonds. The number of aliphatic hydroxyl groups excluding tert-OH is 1. The lowest BCUT2D eigenvalue weighted by Crippen LogP contribution is -2.42. The zero-order valence-electron chi connectivity index (χ0n) is 16.4. The average Bonchev–Trinajstić information content (AvgIpc) is 2.65. The first-order valence-electron chi connectivity index (χ1n) is 9.28. The number of aromatic hydroxyl groups is 1. The van der Waals surface area contributed by atoms with Crippen molar-refractivity contribution in [3.63, 3.8) is 0 Å². The normalized spacial score (nSPS) is 12.6. The van der Waals surface area contributed by atoms with E-state index < -0.39 is 6.10 Å². The SMILES string of the molecule is CC(C)(CCc1cccc(Cl)c1)NC[C@H](O)c1ccc(O)c2[nH]c(=O)ccc12.Cl. The number of rotatable bonds is 7. The van der Waals surface area contributed by atoms with Crippen LogP contribution in [0.5, 0.6) is 5.75 Å². The highest BCUT2D eigenvalue weighted by Gasteiger charge is 2.20. The van der Waals surface area contributed by atoms with Gasteiger partial charge in [0.25, 0.3) is 0 Å². The molecule has 3 rings (SSSR count). The van der Waals surface area contributed by atoms with Gasteiger partial charge in [0.1, 0.15) is 5.75 Å². The molecule has 5 nitrogen and oxygen atoms in total. The Morgan fingerprint density at radius 3 is 2.66 bits per heavy atom. The molecule has 4 N–H and O–H groups in total. The zero-order valence-corrected chi connectivity index (χ0v) is 18.0. The Morgan fingerprint density at radius 1 is 1.17 bits per heavy atom. The first kappa shape index (κ1) is 23.2. The summed E-state index contributed by atoms with van der Waals surface area (Å²) in [5.41, 5.74) is 1.68. The number of β-amino-alcohol motifs (C(OH)–C–C–N with tert-alkyl or cyclic N) is 1. The van der Waals surface area contributed by atoms with Crippen LogP contribution < -0.4 is 10.9 Å². The molecule has 0 aliphatic rings. The fraction of sp³-hybridized carbons (Fsp3) is 0.318. The van der Waals surface area contributed by atoms with Gasteiger partial charge in [-0.3, -0.25) is 4.79 Å². The summed E-state index contributed by atoms with van der Waals surface area (Å²) in [6, 6.07) is 14.0. The van der Waals surface area contributed by atoms with E-state index in [1.165, 1.54) is 17.7 Å².